The van der Waals surface area contributed by atoms with E-state index in [0.29, 0.717) is 52.8 Å². The molecule has 8 nitrogen and oxygen atoms in total. The highest BCUT2D eigenvalue weighted by Gasteiger charge is 2.15. The summed E-state index contributed by atoms with van der Waals surface area (Å²) in [7, 11) is 0. The first-order valence-corrected chi connectivity index (χ1v) is 12.5. The molecule has 1 heterocycles. The molecular weight excluding hydrogens is 500 g/mol. The summed E-state index contributed by atoms with van der Waals surface area (Å²) in [4.78, 5) is 12.6. The van der Waals surface area contributed by atoms with E-state index in [1.54, 1.807) is 30.3 Å². The molecule has 0 saturated carbocycles. The maximum Gasteiger partial charge on any atom is 0.268 e. The van der Waals surface area contributed by atoms with Crippen LogP contribution in [0.4, 0.5) is 5.13 Å². The van der Waals surface area contributed by atoms with E-state index in [-0.39, 0.29) is 11.5 Å². The normalized spacial score (nSPS) is 11.2. The van der Waals surface area contributed by atoms with Gasteiger partial charge < -0.3 is 14.2 Å². The van der Waals surface area contributed by atoms with Gasteiger partial charge in [0.15, 0.2) is 11.5 Å². The second-order valence-electron chi connectivity index (χ2n) is 7.97. The van der Waals surface area contributed by atoms with Gasteiger partial charge in [-0.2, -0.15) is 5.26 Å². The second kappa shape index (κ2) is 12.9. The highest BCUT2D eigenvalue weighted by molar-refractivity contribution is 7.15. The van der Waals surface area contributed by atoms with Crippen molar-refractivity contribution in [1.29, 1.82) is 5.26 Å². The number of amides is 1. The van der Waals surface area contributed by atoms with Crippen LogP contribution in [0.15, 0.2) is 42.0 Å². The van der Waals surface area contributed by atoms with Crippen molar-refractivity contribution in [2.75, 3.05) is 25.1 Å². The molecule has 2 aromatic carbocycles. The van der Waals surface area contributed by atoms with Gasteiger partial charge in [-0.05, 0) is 61.4 Å². The SMILES string of the molecule is CCOc1cc(C=C(C#N)C(=O)Nc2nnc(C(C)C)s2)ccc1OCCOc1ccc(Cl)c(C)c1. The van der Waals surface area contributed by atoms with Crippen LogP contribution >= 0.6 is 22.9 Å². The maximum absolute atomic E-state index is 12.6. The van der Waals surface area contributed by atoms with Gasteiger partial charge in [-0.25, -0.2) is 0 Å². The van der Waals surface area contributed by atoms with Gasteiger partial charge >= 0.3 is 0 Å². The summed E-state index contributed by atoms with van der Waals surface area (Å²) >= 11 is 7.32. The Morgan fingerprint density at radius 1 is 1.14 bits per heavy atom. The standard InChI is InChI=1S/C26H27ClN4O4S/c1-5-33-23-14-18(13-19(15-28)24(32)29-26-31-30-25(36-26)16(2)3)6-9-22(23)35-11-10-34-20-7-8-21(27)17(4)12-20/h6-9,12-14,16H,5,10-11H2,1-4H3,(H,29,31,32). The molecule has 0 fully saturated rings. The third-order valence-corrected chi connectivity index (χ3v) is 6.40. The van der Waals surface area contributed by atoms with Crippen LogP contribution in [0.5, 0.6) is 17.2 Å². The number of aryl methyl sites for hydroxylation is 1. The average molecular weight is 527 g/mol. The highest BCUT2D eigenvalue weighted by Crippen LogP contribution is 2.30. The van der Waals surface area contributed by atoms with Crippen molar-refractivity contribution in [2.24, 2.45) is 0 Å². The third kappa shape index (κ3) is 7.44. The molecule has 0 aliphatic carbocycles. The zero-order valence-electron chi connectivity index (χ0n) is 20.5. The van der Waals surface area contributed by atoms with E-state index in [0.717, 1.165) is 10.6 Å². The minimum Gasteiger partial charge on any atom is -0.490 e. The third-order valence-electron chi connectivity index (χ3n) is 4.84. The summed E-state index contributed by atoms with van der Waals surface area (Å²) < 4.78 is 17.3. The van der Waals surface area contributed by atoms with Gasteiger partial charge in [-0.3, -0.25) is 10.1 Å². The van der Waals surface area contributed by atoms with E-state index in [4.69, 9.17) is 25.8 Å². The lowest BCUT2D eigenvalue weighted by molar-refractivity contribution is -0.112. The first-order valence-electron chi connectivity index (χ1n) is 11.4. The number of benzene rings is 2. The van der Waals surface area contributed by atoms with Gasteiger partial charge in [-0.15, -0.1) is 10.2 Å². The summed E-state index contributed by atoms with van der Waals surface area (Å²) in [6, 6.07) is 12.6. The van der Waals surface area contributed by atoms with E-state index in [1.807, 2.05) is 39.8 Å². The van der Waals surface area contributed by atoms with E-state index < -0.39 is 5.91 Å². The number of halogens is 1. The van der Waals surface area contributed by atoms with Gasteiger partial charge in [0.1, 0.15) is 35.6 Å². The molecular formula is C26H27ClN4O4S. The van der Waals surface area contributed by atoms with Crippen LogP contribution in [0.3, 0.4) is 0 Å². The molecule has 188 valence electrons. The number of rotatable bonds is 11. The fourth-order valence-electron chi connectivity index (χ4n) is 3.02. The number of ether oxygens (including phenoxy) is 3. The highest BCUT2D eigenvalue weighted by atomic mass is 35.5. The molecule has 0 atom stereocenters. The fraction of sp³-hybridized carbons (Fsp3) is 0.308. The number of carbonyl (C=O) groups excluding carboxylic acids is 1. The quantitative estimate of drug-likeness (QED) is 0.185. The van der Waals surface area contributed by atoms with Gasteiger partial charge in [0.2, 0.25) is 5.13 Å². The fourth-order valence-corrected chi connectivity index (χ4v) is 3.88. The number of nitriles is 1. The number of nitrogens with zero attached hydrogens (tertiary/aromatic N) is 3. The summed E-state index contributed by atoms with van der Waals surface area (Å²) in [6.45, 7) is 8.80. The van der Waals surface area contributed by atoms with E-state index >= 15 is 0 Å². The zero-order valence-corrected chi connectivity index (χ0v) is 22.1. The monoisotopic (exact) mass is 526 g/mol. The van der Waals surface area contributed by atoms with Crippen molar-refractivity contribution >= 4 is 40.1 Å². The van der Waals surface area contributed by atoms with Crippen molar-refractivity contribution in [1.82, 2.24) is 10.2 Å². The number of nitrogens with one attached hydrogen (secondary N) is 1. The molecule has 0 spiro atoms. The number of carbonyl (C=O) groups is 1. The van der Waals surface area contributed by atoms with Crippen LogP contribution in [0.1, 0.15) is 42.8 Å². The van der Waals surface area contributed by atoms with Gasteiger partial charge in [0, 0.05) is 10.9 Å². The zero-order chi connectivity index (χ0) is 26.1. The number of hydrogen-bond donors (Lipinski definition) is 1. The Balaban J connectivity index is 1.65. The Labute approximate surface area is 219 Å². The number of hydrogen-bond acceptors (Lipinski definition) is 8. The first-order chi connectivity index (χ1) is 17.3. The molecule has 0 aliphatic heterocycles. The summed E-state index contributed by atoms with van der Waals surface area (Å²) in [5, 5.41) is 22.0. The lowest BCUT2D eigenvalue weighted by Crippen LogP contribution is -2.13. The largest absolute Gasteiger partial charge is 0.490 e. The lowest BCUT2D eigenvalue weighted by atomic mass is 10.1. The Morgan fingerprint density at radius 2 is 1.92 bits per heavy atom. The Hall–Kier alpha value is -3.61. The van der Waals surface area contributed by atoms with E-state index in [2.05, 4.69) is 15.5 Å². The molecule has 0 radical (unpaired) electrons. The van der Waals surface area contributed by atoms with Crippen LogP contribution in [0, 0.1) is 18.3 Å². The molecule has 0 unspecified atom stereocenters. The Morgan fingerprint density at radius 3 is 2.58 bits per heavy atom. The molecule has 36 heavy (non-hydrogen) atoms. The van der Waals surface area contributed by atoms with Crippen molar-refractivity contribution in [3.8, 4) is 23.3 Å². The van der Waals surface area contributed by atoms with E-state index in [9.17, 15) is 10.1 Å². The van der Waals surface area contributed by atoms with Gasteiger partial charge in [0.25, 0.3) is 5.91 Å². The maximum atomic E-state index is 12.6. The molecule has 0 aliphatic rings. The predicted octanol–water partition coefficient (Wildman–Crippen LogP) is 6.03. The van der Waals surface area contributed by atoms with Gasteiger partial charge in [0.05, 0.1) is 6.61 Å². The predicted molar refractivity (Wildman–Crippen MR) is 141 cm³/mol. The lowest BCUT2D eigenvalue weighted by Gasteiger charge is -2.13. The molecule has 1 aromatic heterocycles. The molecule has 0 saturated heterocycles. The summed E-state index contributed by atoms with van der Waals surface area (Å²) in [5.74, 6) is 1.38. The Bertz CT molecular complexity index is 1280. The van der Waals surface area contributed by atoms with Crippen LogP contribution in [0.25, 0.3) is 6.08 Å². The van der Waals surface area contributed by atoms with Gasteiger partial charge in [-0.1, -0.05) is 42.9 Å². The van der Waals surface area contributed by atoms with Crippen LogP contribution in [0.2, 0.25) is 5.02 Å². The molecule has 3 aromatic rings. The minimum atomic E-state index is -0.558. The van der Waals surface area contributed by atoms with Crippen molar-refractivity contribution in [2.45, 2.75) is 33.6 Å². The topological polar surface area (TPSA) is 106 Å². The summed E-state index contributed by atoms with van der Waals surface area (Å²) in [5.41, 5.74) is 1.48. The molecule has 1 amide bonds. The molecule has 1 N–H and O–H groups in total. The first kappa shape index (κ1) is 27.0. The average Bonchev–Trinajstić information content (AvgIpc) is 3.32. The second-order valence-corrected chi connectivity index (χ2v) is 9.39. The van der Waals surface area contributed by atoms with Crippen LogP contribution in [-0.2, 0) is 4.79 Å². The number of aromatic nitrogens is 2. The summed E-state index contributed by atoms with van der Waals surface area (Å²) in [6.07, 6.45) is 1.48. The van der Waals surface area contributed by atoms with Crippen molar-refractivity contribution < 1.29 is 19.0 Å². The van der Waals surface area contributed by atoms with Crippen LogP contribution < -0.4 is 19.5 Å². The van der Waals surface area contributed by atoms with Crippen molar-refractivity contribution in [3.63, 3.8) is 0 Å². The van der Waals surface area contributed by atoms with Crippen LogP contribution in [-0.4, -0.2) is 35.9 Å². The minimum absolute atomic E-state index is 0.0703. The number of anilines is 1. The molecule has 3 rings (SSSR count). The molecule has 0 bridgehead atoms. The molecule has 10 heteroatoms. The Kier molecular flexibility index (Phi) is 9.68. The van der Waals surface area contributed by atoms with E-state index in [1.165, 1.54) is 17.4 Å². The smallest absolute Gasteiger partial charge is 0.268 e. The van der Waals surface area contributed by atoms with Crippen molar-refractivity contribution in [3.05, 3.63) is 63.1 Å².